The predicted octanol–water partition coefficient (Wildman–Crippen LogP) is 4.45. The second kappa shape index (κ2) is 8.84. The fourth-order valence-electron chi connectivity index (χ4n) is 2.60. The SMILES string of the molecule is COc1ccc(CN(C)C(=O)c2csc(COc3ccc(C)cc3)n2)cc1F. The standard InChI is InChI=1S/C21H21FN2O3S/c1-14-4-7-16(8-5-14)27-12-20-23-18(13-28-20)21(25)24(2)11-15-6-9-19(26-3)17(22)10-15/h4-10,13H,11-12H2,1-3H3. The van der Waals surface area contributed by atoms with E-state index < -0.39 is 5.82 Å². The number of carbonyl (C=O) groups excluding carboxylic acids is 1. The Morgan fingerprint density at radius 1 is 1.21 bits per heavy atom. The molecule has 0 radical (unpaired) electrons. The molecule has 0 N–H and O–H groups in total. The number of hydrogen-bond acceptors (Lipinski definition) is 5. The van der Waals surface area contributed by atoms with E-state index >= 15 is 0 Å². The Morgan fingerprint density at radius 3 is 2.64 bits per heavy atom. The van der Waals surface area contributed by atoms with Crippen LogP contribution in [0.4, 0.5) is 4.39 Å². The summed E-state index contributed by atoms with van der Waals surface area (Å²) in [7, 11) is 3.07. The fourth-order valence-corrected chi connectivity index (χ4v) is 3.28. The molecule has 0 saturated heterocycles. The summed E-state index contributed by atoms with van der Waals surface area (Å²) < 4.78 is 24.4. The van der Waals surface area contributed by atoms with Crippen LogP contribution in [0.1, 0.15) is 26.6 Å². The van der Waals surface area contributed by atoms with Crippen LogP contribution >= 0.6 is 11.3 Å². The number of rotatable bonds is 7. The second-order valence-corrected chi connectivity index (χ2v) is 7.30. The molecule has 5 nitrogen and oxygen atoms in total. The van der Waals surface area contributed by atoms with Crippen molar-refractivity contribution < 1.29 is 18.7 Å². The molecule has 1 heterocycles. The first-order valence-corrected chi connectivity index (χ1v) is 9.56. The number of ether oxygens (including phenoxy) is 2. The van der Waals surface area contributed by atoms with Gasteiger partial charge in [-0.05, 0) is 36.8 Å². The molecule has 0 fully saturated rings. The van der Waals surface area contributed by atoms with Gasteiger partial charge in [0.1, 0.15) is 23.1 Å². The topological polar surface area (TPSA) is 51.7 Å². The summed E-state index contributed by atoms with van der Waals surface area (Å²) in [4.78, 5) is 18.5. The number of hydrogen-bond donors (Lipinski definition) is 0. The summed E-state index contributed by atoms with van der Waals surface area (Å²) in [5.41, 5.74) is 2.19. The van der Waals surface area contributed by atoms with E-state index in [1.54, 1.807) is 24.6 Å². The molecule has 0 aliphatic carbocycles. The lowest BCUT2D eigenvalue weighted by Gasteiger charge is -2.16. The van der Waals surface area contributed by atoms with Crippen LogP contribution in [-0.4, -0.2) is 29.9 Å². The summed E-state index contributed by atoms with van der Waals surface area (Å²) in [5, 5.41) is 2.43. The van der Waals surface area contributed by atoms with Crippen LogP contribution in [0.2, 0.25) is 0 Å². The quantitative estimate of drug-likeness (QED) is 0.588. The highest BCUT2D eigenvalue weighted by molar-refractivity contribution is 7.09. The molecule has 3 aromatic rings. The van der Waals surface area contributed by atoms with Crippen molar-refractivity contribution in [1.82, 2.24) is 9.88 Å². The summed E-state index contributed by atoms with van der Waals surface area (Å²) in [6.07, 6.45) is 0. The molecular weight excluding hydrogens is 379 g/mol. The molecule has 0 spiro atoms. The maximum atomic E-state index is 13.8. The Kier molecular flexibility index (Phi) is 6.26. The largest absolute Gasteiger partial charge is 0.494 e. The van der Waals surface area contributed by atoms with Crippen LogP contribution in [0.3, 0.4) is 0 Å². The van der Waals surface area contributed by atoms with Crippen molar-refractivity contribution in [2.75, 3.05) is 14.2 Å². The Labute approximate surface area is 167 Å². The number of halogens is 1. The molecular formula is C21H21FN2O3S. The van der Waals surface area contributed by atoms with Crippen LogP contribution < -0.4 is 9.47 Å². The lowest BCUT2D eigenvalue weighted by atomic mass is 10.2. The van der Waals surface area contributed by atoms with Gasteiger partial charge in [0.2, 0.25) is 0 Å². The zero-order chi connectivity index (χ0) is 20.1. The first-order valence-electron chi connectivity index (χ1n) is 8.68. The lowest BCUT2D eigenvalue weighted by molar-refractivity contribution is 0.0779. The van der Waals surface area contributed by atoms with Crippen molar-refractivity contribution in [2.45, 2.75) is 20.1 Å². The van der Waals surface area contributed by atoms with Gasteiger partial charge in [-0.1, -0.05) is 23.8 Å². The van der Waals surface area contributed by atoms with Crippen molar-refractivity contribution in [3.63, 3.8) is 0 Å². The molecule has 0 aliphatic rings. The molecule has 0 bridgehead atoms. The van der Waals surface area contributed by atoms with Gasteiger partial charge in [0.25, 0.3) is 5.91 Å². The minimum atomic E-state index is -0.454. The summed E-state index contributed by atoms with van der Waals surface area (Å²) in [5.74, 6) is 0.252. The van der Waals surface area contributed by atoms with Crippen LogP contribution in [0.15, 0.2) is 47.8 Å². The van der Waals surface area contributed by atoms with Crippen LogP contribution in [0.5, 0.6) is 11.5 Å². The normalized spacial score (nSPS) is 10.6. The predicted molar refractivity (Wildman–Crippen MR) is 106 cm³/mol. The Bertz CT molecular complexity index is 957. The molecule has 1 amide bonds. The first-order chi connectivity index (χ1) is 13.5. The maximum Gasteiger partial charge on any atom is 0.273 e. The lowest BCUT2D eigenvalue weighted by Crippen LogP contribution is -2.26. The van der Waals surface area contributed by atoms with E-state index in [0.717, 1.165) is 11.3 Å². The number of nitrogens with zero attached hydrogens (tertiary/aromatic N) is 2. The molecule has 1 aromatic heterocycles. The third-order valence-electron chi connectivity index (χ3n) is 4.14. The molecule has 2 aromatic carbocycles. The van der Waals surface area contributed by atoms with E-state index in [0.29, 0.717) is 22.9 Å². The number of aromatic nitrogens is 1. The Balaban J connectivity index is 1.59. The second-order valence-electron chi connectivity index (χ2n) is 6.36. The Hall–Kier alpha value is -2.93. The van der Waals surface area contributed by atoms with Gasteiger partial charge in [0.05, 0.1) is 7.11 Å². The number of methoxy groups -OCH3 is 1. The Morgan fingerprint density at radius 2 is 1.96 bits per heavy atom. The number of thiazole rings is 1. The van der Waals surface area contributed by atoms with Crippen molar-refractivity contribution >= 4 is 17.2 Å². The van der Waals surface area contributed by atoms with Crippen LogP contribution in [-0.2, 0) is 13.2 Å². The molecule has 7 heteroatoms. The van der Waals surface area contributed by atoms with Gasteiger partial charge in [-0.25, -0.2) is 9.37 Å². The van der Waals surface area contributed by atoms with E-state index in [-0.39, 0.29) is 18.2 Å². The summed E-state index contributed by atoms with van der Waals surface area (Å²) >= 11 is 1.37. The van der Waals surface area contributed by atoms with Crippen molar-refractivity contribution in [1.29, 1.82) is 0 Å². The summed E-state index contributed by atoms with van der Waals surface area (Å²) in [6, 6.07) is 12.4. The molecule has 28 heavy (non-hydrogen) atoms. The number of amides is 1. The van der Waals surface area contributed by atoms with Crippen molar-refractivity contribution in [3.05, 3.63) is 75.5 Å². The molecule has 0 saturated carbocycles. The number of aryl methyl sites for hydroxylation is 1. The zero-order valence-corrected chi connectivity index (χ0v) is 16.8. The minimum Gasteiger partial charge on any atom is -0.494 e. The van der Waals surface area contributed by atoms with Gasteiger partial charge in [-0.3, -0.25) is 4.79 Å². The van der Waals surface area contributed by atoms with Gasteiger partial charge in [-0.15, -0.1) is 11.3 Å². The van der Waals surface area contributed by atoms with Crippen molar-refractivity contribution in [3.8, 4) is 11.5 Å². The van der Waals surface area contributed by atoms with Crippen LogP contribution in [0.25, 0.3) is 0 Å². The van der Waals surface area contributed by atoms with Crippen molar-refractivity contribution in [2.24, 2.45) is 0 Å². The van der Waals surface area contributed by atoms with Gasteiger partial charge < -0.3 is 14.4 Å². The smallest absolute Gasteiger partial charge is 0.273 e. The van der Waals surface area contributed by atoms with Gasteiger partial charge >= 0.3 is 0 Å². The first kappa shape index (κ1) is 19.8. The van der Waals surface area contributed by atoms with E-state index in [1.807, 2.05) is 31.2 Å². The minimum absolute atomic E-state index is 0.176. The highest BCUT2D eigenvalue weighted by Crippen LogP contribution is 2.20. The molecule has 0 aliphatic heterocycles. The molecule has 0 atom stereocenters. The van der Waals surface area contributed by atoms with Gasteiger partial charge in [-0.2, -0.15) is 0 Å². The monoisotopic (exact) mass is 400 g/mol. The zero-order valence-electron chi connectivity index (χ0n) is 15.9. The average molecular weight is 400 g/mol. The average Bonchev–Trinajstić information content (AvgIpc) is 3.16. The third kappa shape index (κ3) is 4.86. The summed E-state index contributed by atoms with van der Waals surface area (Å²) in [6.45, 7) is 2.58. The third-order valence-corrected chi connectivity index (χ3v) is 4.96. The number of carbonyl (C=O) groups is 1. The van der Waals surface area contributed by atoms with E-state index in [4.69, 9.17) is 9.47 Å². The highest BCUT2D eigenvalue weighted by Gasteiger charge is 2.17. The fraction of sp³-hybridized carbons (Fsp3) is 0.238. The van der Waals surface area contributed by atoms with E-state index in [1.165, 1.54) is 29.4 Å². The highest BCUT2D eigenvalue weighted by atomic mass is 32.1. The van der Waals surface area contributed by atoms with Crippen LogP contribution in [0, 0.1) is 12.7 Å². The van der Waals surface area contributed by atoms with Gasteiger partial charge in [0.15, 0.2) is 11.6 Å². The molecule has 146 valence electrons. The van der Waals surface area contributed by atoms with E-state index in [9.17, 15) is 9.18 Å². The molecule has 3 rings (SSSR count). The molecule has 0 unspecified atom stereocenters. The van der Waals surface area contributed by atoms with Gasteiger partial charge in [0, 0.05) is 19.0 Å². The van der Waals surface area contributed by atoms with E-state index in [2.05, 4.69) is 4.98 Å². The maximum absolute atomic E-state index is 13.8. The number of benzene rings is 2.